The van der Waals surface area contributed by atoms with Crippen LogP contribution in [-0.2, 0) is 4.79 Å². The highest BCUT2D eigenvalue weighted by Crippen LogP contribution is 2.26. The number of hydrogen-bond acceptors (Lipinski definition) is 8. The van der Waals surface area contributed by atoms with Crippen molar-refractivity contribution < 1.29 is 14.3 Å². The maximum absolute atomic E-state index is 12.2. The molecule has 0 saturated carbocycles. The number of carbonyl (C=O) groups is 1. The average molecular weight is 386 g/mol. The minimum absolute atomic E-state index is 0.108. The van der Waals surface area contributed by atoms with Gasteiger partial charge in [0.1, 0.15) is 17.2 Å². The first-order valence-corrected chi connectivity index (χ1v) is 8.87. The molecule has 3 aromatic rings. The van der Waals surface area contributed by atoms with Crippen molar-refractivity contribution in [2.45, 2.75) is 5.16 Å². The van der Waals surface area contributed by atoms with E-state index in [9.17, 15) is 4.79 Å². The van der Waals surface area contributed by atoms with E-state index in [4.69, 9.17) is 15.3 Å². The van der Waals surface area contributed by atoms with Gasteiger partial charge in [0.2, 0.25) is 16.9 Å². The van der Waals surface area contributed by atoms with Gasteiger partial charge in [0.15, 0.2) is 0 Å². The third kappa shape index (κ3) is 4.47. The number of amides is 1. The number of benzene rings is 1. The molecule has 10 heteroatoms. The van der Waals surface area contributed by atoms with Gasteiger partial charge in [-0.05, 0) is 12.1 Å². The lowest BCUT2D eigenvalue weighted by molar-refractivity contribution is -0.113. The van der Waals surface area contributed by atoms with E-state index in [0.717, 1.165) is 0 Å². The first kappa shape index (κ1) is 18.5. The summed E-state index contributed by atoms with van der Waals surface area (Å²) in [5, 5.41) is 11.3. The number of pyridine rings is 1. The van der Waals surface area contributed by atoms with Gasteiger partial charge in [0.25, 0.3) is 0 Å². The molecule has 1 aromatic carbocycles. The molecule has 3 rings (SSSR count). The predicted octanol–water partition coefficient (Wildman–Crippen LogP) is 1.80. The van der Waals surface area contributed by atoms with Crippen LogP contribution in [0, 0.1) is 0 Å². The zero-order chi connectivity index (χ0) is 19.2. The normalized spacial score (nSPS) is 10.4. The van der Waals surface area contributed by atoms with E-state index in [1.54, 1.807) is 50.7 Å². The summed E-state index contributed by atoms with van der Waals surface area (Å²) in [6, 6.07) is 10.5. The summed E-state index contributed by atoms with van der Waals surface area (Å²) in [4.78, 5) is 16.4. The van der Waals surface area contributed by atoms with Crippen molar-refractivity contribution >= 4 is 23.4 Å². The zero-order valence-electron chi connectivity index (χ0n) is 14.7. The molecule has 0 fully saturated rings. The highest BCUT2D eigenvalue weighted by molar-refractivity contribution is 7.99. The van der Waals surface area contributed by atoms with Gasteiger partial charge >= 0.3 is 0 Å². The number of rotatable bonds is 7. The van der Waals surface area contributed by atoms with Crippen molar-refractivity contribution in [2.75, 3.05) is 31.1 Å². The third-order valence-electron chi connectivity index (χ3n) is 3.53. The van der Waals surface area contributed by atoms with Crippen molar-refractivity contribution in [2.24, 2.45) is 0 Å². The van der Waals surface area contributed by atoms with Crippen LogP contribution in [0.5, 0.6) is 11.5 Å². The second-order valence-electron chi connectivity index (χ2n) is 5.33. The zero-order valence-corrected chi connectivity index (χ0v) is 15.6. The Morgan fingerprint density at radius 2 is 1.93 bits per heavy atom. The van der Waals surface area contributed by atoms with E-state index >= 15 is 0 Å². The van der Waals surface area contributed by atoms with Gasteiger partial charge in [-0.25, -0.2) is 4.68 Å². The van der Waals surface area contributed by atoms with Gasteiger partial charge in [0.05, 0.1) is 20.0 Å². The first-order chi connectivity index (χ1) is 13.1. The Kier molecular flexibility index (Phi) is 5.77. The van der Waals surface area contributed by atoms with Crippen LogP contribution in [0.25, 0.3) is 11.5 Å². The Hall–Kier alpha value is -3.27. The maximum Gasteiger partial charge on any atom is 0.234 e. The molecule has 9 nitrogen and oxygen atoms in total. The summed E-state index contributed by atoms with van der Waals surface area (Å²) < 4.78 is 11.7. The molecule has 0 spiro atoms. The number of nitrogens with zero attached hydrogens (tertiary/aromatic N) is 4. The van der Waals surface area contributed by atoms with E-state index in [1.807, 2.05) is 6.07 Å². The number of nitrogens with two attached hydrogens (primary N) is 1. The minimum Gasteiger partial charge on any atom is -0.497 e. The standard InChI is InChI=1S/C17H18N6O3S/c1-25-12-7-11(8-13(9-12)26-2)20-15(24)10-27-17-22-21-16(23(17)18)14-5-3-4-6-19-14/h3-9H,10,18H2,1-2H3,(H,20,24). The van der Waals surface area contributed by atoms with Crippen LogP contribution in [-0.4, -0.2) is 45.7 Å². The Bertz CT molecular complexity index is 909. The topological polar surface area (TPSA) is 117 Å². The van der Waals surface area contributed by atoms with Gasteiger partial charge in [-0.2, -0.15) is 0 Å². The Balaban J connectivity index is 1.64. The van der Waals surface area contributed by atoms with Gasteiger partial charge in [-0.3, -0.25) is 9.78 Å². The number of carbonyl (C=O) groups excluding carboxylic acids is 1. The number of aromatic nitrogens is 4. The van der Waals surface area contributed by atoms with Crippen molar-refractivity contribution in [3.63, 3.8) is 0 Å². The number of nitrogen functional groups attached to an aromatic ring is 1. The first-order valence-electron chi connectivity index (χ1n) is 7.88. The van der Waals surface area contributed by atoms with Gasteiger partial charge in [0, 0.05) is 30.1 Å². The molecule has 0 atom stereocenters. The molecule has 3 N–H and O–H groups in total. The molecule has 1 amide bonds. The Morgan fingerprint density at radius 1 is 1.19 bits per heavy atom. The lowest BCUT2D eigenvalue weighted by atomic mass is 10.2. The molecular weight excluding hydrogens is 368 g/mol. The van der Waals surface area contributed by atoms with E-state index in [-0.39, 0.29) is 11.7 Å². The second-order valence-corrected chi connectivity index (χ2v) is 6.27. The summed E-state index contributed by atoms with van der Waals surface area (Å²) >= 11 is 1.17. The summed E-state index contributed by atoms with van der Waals surface area (Å²) in [6.07, 6.45) is 1.65. The number of anilines is 1. The molecule has 0 aliphatic heterocycles. The fourth-order valence-corrected chi connectivity index (χ4v) is 2.91. The molecule has 0 unspecified atom stereocenters. The molecule has 2 aromatic heterocycles. The smallest absolute Gasteiger partial charge is 0.234 e. The van der Waals surface area contributed by atoms with Gasteiger partial charge in [-0.15, -0.1) is 10.2 Å². The van der Waals surface area contributed by atoms with Crippen LogP contribution in [0.4, 0.5) is 5.69 Å². The molecule has 140 valence electrons. The van der Waals surface area contributed by atoms with Crippen LogP contribution in [0.15, 0.2) is 47.8 Å². The predicted molar refractivity (Wildman–Crippen MR) is 102 cm³/mol. The number of hydrogen-bond donors (Lipinski definition) is 2. The summed E-state index contributed by atoms with van der Waals surface area (Å²) in [7, 11) is 3.09. The lowest BCUT2D eigenvalue weighted by Crippen LogP contribution is -2.16. The number of nitrogens with one attached hydrogen (secondary N) is 1. The van der Waals surface area contributed by atoms with Crippen molar-refractivity contribution in [3.8, 4) is 23.0 Å². The summed E-state index contributed by atoms with van der Waals surface area (Å²) in [5.41, 5.74) is 1.17. The number of ether oxygens (including phenoxy) is 2. The molecule has 0 aliphatic carbocycles. The largest absolute Gasteiger partial charge is 0.497 e. The number of methoxy groups -OCH3 is 2. The third-order valence-corrected chi connectivity index (χ3v) is 4.47. The Morgan fingerprint density at radius 3 is 2.56 bits per heavy atom. The minimum atomic E-state index is -0.224. The fraction of sp³-hybridized carbons (Fsp3) is 0.176. The maximum atomic E-state index is 12.2. The summed E-state index contributed by atoms with van der Waals surface area (Å²) in [5.74, 6) is 7.49. The van der Waals surface area contributed by atoms with E-state index < -0.39 is 0 Å². The molecule has 0 radical (unpaired) electrons. The van der Waals surface area contributed by atoms with Crippen molar-refractivity contribution in [3.05, 3.63) is 42.6 Å². The Labute approximate surface area is 159 Å². The van der Waals surface area contributed by atoms with Gasteiger partial charge < -0.3 is 20.6 Å². The van der Waals surface area contributed by atoms with Gasteiger partial charge in [-0.1, -0.05) is 17.8 Å². The van der Waals surface area contributed by atoms with Crippen molar-refractivity contribution in [1.82, 2.24) is 19.9 Å². The van der Waals surface area contributed by atoms with Crippen molar-refractivity contribution in [1.29, 1.82) is 0 Å². The van der Waals surface area contributed by atoms with Crippen LogP contribution in [0.1, 0.15) is 0 Å². The molecule has 2 heterocycles. The van der Waals surface area contributed by atoms with Crippen LogP contribution in [0.2, 0.25) is 0 Å². The van der Waals surface area contributed by atoms with E-state index in [1.165, 1.54) is 16.4 Å². The second kappa shape index (κ2) is 8.41. The van der Waals surface area contributed by atoms with E-state index in [2.05, 4.69) is 20.5 Å². The molecule has 0 aliphatic rings. The molecular formula is C17H18N6O3S. The fourth-order valence-electron chi connectivity index (χ4n) is 2.25. The van der Waals surface area contributed by atoms with E-state index in [0.29, 0.717) is 33.9 Å². The van der Waals surface area contributed by atoms with Crippen LogP contribution < -0.4 is 20.6 Å². The molecule has 27 heavy (non-hydrogen) atoms. The average Bonchev–Trinajstić information content (AvgIpc) is 3.07. The van der Waals surface area contributed by atoms with Crippen LogP contribution >= 0.6 is 11.8 Å². The molecule has 0 bridgehead atoms. The highest BCUT2D eigenvalue weighted by Gasteiger charge is 2.15. The highest BCUT2D eigenvalue weighted by atomic mass is 32.2. The van der Waals surface area contributed by atoms with Crippen LogP contribution in [0.3, 0.4) is 0 Å². The molecule has 0 saturated heterocycles. The number of thioether (sulfide) groups is 1. The SMILES string of the molecule is COc1cc(NC(=O)CSc2nnc(-c3ccccn3)n2N)cc(OC)c1. The lowest BCUT2D eigenvalue weighted by Gasteiger charge is -2.09. The summed E-state index contributed by atoms with van der Waals surface area (Å²) in [6.45, 7) is 0. The monoisotopic (exact) mass is 386 g/mol. The quantitative estimate of drug-likeness (QED) is 0.466.